The van der Waals surface area contributed by atoms with E-state index < -0.39 is 7.82 Å². The monoisotopic (exact) mass is 287 g/mol. The zero-order chi connectivity index (χ0) is 14.5. The maximum absolute atomic E-state index is 11.8. The molecule has 108 valence electrons. The van der Waals surface area contributed by atoms with Crippen molar-refractivity contribution in [1.29, 1.82) is 0 Å². The quantitative estimate of drug-likeness (QED) is 0.596. The smallest absolute Gasteiger partial charge is 0.404 e. The van der Waals surface area contributed by atoms with Crippen LogP contribution in [0.2, 0.25) is 0 Å². The molecule has 0 heterocycles. The van der Waals surface area contributed by atoms with Crippen LogP contribution in [-0.2, 0) is 9.09 Å². The fraction of sp³-hybridized carbons (Fsp3) is 0.538. The van der Waals surface area contributed by atoms with Crippen LogP contribution in [-0.4, -0.2) is 25.1 Å². The predicted molar refractivity (Wildman–Crippen MR) is 75.6 cm³/mol. The van der Waals surface area contributed by atoms with Crippen molar-refractivity contribution in [2.45, 2.75) is 26.7 Å². The van der Waals surface area contributed by atoms with Gasteiger partial charge in [-0.3, -0.25) is 9.42 Å². The number of rotatable bonds is 7. The van der Waals surface area contributed by atoms with Crippen LogP contribution in [0.15, 0.2) is 18.2 Å². The zero-order valence-corrected chi connectivity index (χ0v) is 12.7. The van der Waals surface area contributed by atoms with E-state index in [-0.39, 0.29) is 12.5 Å². The van der Waals surface area contributed by atoms with Crippen LogP contribution in [0.1, 0.15) is 30.9 Å². The number of phosphoric acid groups is 1. The first kappa shape index (κ1) is 16.2. The van der Waals surface area contributed by atoms with E-state index in [1.54, 1.807) is 13.1 Å². The van der Waals surface area contributed by atoms with Gasteiger partial charge in [-0.05, 0) is 37.1 Å². The van der Waals surface area contributed by atoms with E-state index in [9.17, 15) is 9.46 Å². The summed E-state index contributed by atoms with van der Waals surface area (Å²) in [6, 6.07) is 5.61. The molecule has 5 nitrogen and oxygen atoms in total. The third-order valence-corrected chi connectivity index (χ3v) is 3.55. The Morgan fingerprint density at radius 3 is 2.68 bits per heavy atom. The van der Waals surface area contributed by atoms with Gasteiger partial charge >= 0.3 is 7.82 Å². The van der Waals surface area contributed by atoms with Gasteiger partial charge in [0.1, 0.15) is 5.75 Å². The Balaban J connectivity index is 2.85. The summed E-state index contributed by atoms with van der Waals surface area (Å²) in [5, 5.41) is 2.83. The van der Waals surface area contributed by atoms with E-state index in [4.69, 9.17) is 9.05 Å². The summed E-state index contributed by atoms with van der Waals surface area (Å²) in [4.78, 5) is 9.67. The lowest BCUT2D eigenvalue weighted by Crippen LogP contribution is -2.14. The molecular weight excluding hydrogens is 265 g/mol. The van der Waals surface area contributed by atoms with Gasteiger partial charge in [0.05, 0.1) is 6.61 Å². The van der Waals surface area contributed by atoms with Crippen molar-refractivity contribution in [3.8, 4) is 5.75 Å². The lowest BCUT2D eigenvalue weighted by Gasteiger charge is -2.17. The molecule has 0 saturated carbocycles. The second kappa shape index (κ2) is 7.06. The van der Waals surface area contributed by atoms with Crippen molar-refractivity contribution < 1.29 is 18.5 Å². The molecule has 0 fully saturated rings. The average molecular weight is 287 g/mol. The Kier molecular flexibility index (Phi) is 6.01. The first-order chi connectivity index (χ1) is 8.85. The number of likely N-dealkylation sites (N-methyl/N-ethyl adjacent to an activating group) is 1. The summed E-state index contributed by atoms with van der Waals surface area (Å²) in [7, 11) is -2.33. The Hall–Kier alpha value is -0.870. The van der Waals surface area contributed by atoms with Crippen molar-refractivity contribution in [1.82, 2.24) is 5.32 Å². The van der Waals surface area contributed by atoms with Gasteiger partial charge in [-0.2, -0.15) is 0 Å². The Labute approximate surface area is 114 Å². The van der Waals surface area contributed by atoms with Crippen LogP contribution in [0.25, 0.3) is 0 Å². The Morgan fingerprint density at radius 2 is 2.11 bits per heavy atom. The molecule has 1 atom stereocenters. The second-order valence-electron chi connectivity index (χ2n) is 4.69. The number of phosphoric ester groups is 1. The standard InChI is InChI=1S/C13H22NO4P/c1-10(2)12-6-5-11(3)9-13(12)18-19(15,16)17-8-7-14-4/h5-6,9-10,14H,7-8H2,1-4H3,(H,15,16). The highest BCUT2D eigenvalue weighted by Gasteiger charge is 2.24. The van der Waals surface area contributed by atoms with Gasteiger partial charge in [0.2, 0.25) is 0 Å². The molecule has 0 aliphatic carbocycles. The highest BCUT2D eigenvalue weighted by atomic mass is 31.2. The molecule has 6 heteroatoms. The second-order valence-corrected chi connectivity index (χ2v) is 6.07. The average Bonchev–Trinajstić information content (AvgIpc) is 2.28. The molecule has 0 bridgehead atoms. The SMILES string of the molecule is CNCCOP(=O)(O)Oc1cc(C)ccc1C(C)C. The summed E-state index contributed by atoms with van der Waals surface area (Å²) in [5.74, 6) is 0.609. The summed E-state index contributed by atoms with van der Waals surface area (Å²) in [6.45, 7) is 6.51. The number of aryl methyl sites for hydroxylation is 1. The zero-order valence-electron chi connectivity index (χ0n) is 11.8. The molecule has 0 aliphatic rings. The van der Waals surface area contributed by atoms with Crippen molar-refractivity contribution in [3.63, 3.8) is 0 Å². The molecule has 1 aromatic rings. The molecule has 0 aliphatic heterocycles. The molecule has 1 unspecified atom stereocenters. The summed E-state index contributed by atoms with van der Waals surface area (Å²) in [5.41, 5.74) is 1.85. The molecule has 0 aromatic heterocycles. The first-order valence-electron chi connectivity index (χ1n) is 6.28. The molecule has 0 spiro atoms. The van der Waals surface area contributed by atoms with Crippen LogP contribution in [0.3, 0.4) is 0 Å². The predicted octanol–water partition coefficient (Wildman–Crippen LogP) is 2.83. The van der Waals surface area contributed by atoms with E-state index >= 15 is 0 Å². The van der Waals surface area contributed by atoms with Crippen LogP contribution < -0.4 is 9.84 Å². The van der Waals surface area contributed by atoms with Gasteiger partial charge in [0.25, 0.3) is 0 Å². The fourth-order valence-electron chi connectivity index (χ4n) is 1.61. The Bertz CT molecular complexity index is 462. The normalized spacial score (nSPS) is 14.4. The Morgan fingerprint density at radius 1 is 1.42 bits per heavy atom. The van der Waals surface area contributed by atoms with Gasteiger partial charge < -0.3 is 9.84 Å². The molecule has 19 heavy (non-hydrogen) atoms. The summed E-state index contributed by atoms with van der Waals surface area (Å²) >= 11 is 0. The maximum Gasteiger partial charge on any atom is 0.527 e. The van der Waals surface area contributed by atoms with E-state index in [1.807, 2.05) is 32.9 Å². The number of benzene rings is 1. The van der Waals surface area contributed by atoms with Gasteiger partial charge in [-0.15, -0.1) is 0 Å². The van der Waals surface area contributed by atoms with Gasteiger partial charge in [-0.25, -0.2) is 4.57 Å². The van der Waals surface area contributed by atoms with E-state index in [2.05, 4.69) is 5.32 Å². The maximum atomic E-state index is 11.8. The fourth-order valence-corrected chi connectivity index (χ4v) is 2.39. The molecule has 1 aromatic carbocycles. The minimum absolute atomic E-state index is 0.118. The lowest BCUT2D eigenvalue weighted by molar-refractivity contribution is 0.204. The number of hydrogen-bond donors (Lipinski definition) is 2. The third-order valence-electron chi connectivity index (χ3n) is 2.61. The minimum atomic E-state index is -4.07. The highest BCUT2D eigenvalue weighted by Crippen LogP contribution is 2.45. The molecule has 2 N–H and O–H groups in total. The van der Waals surface area contributed by atoms with Crippen molar-refractivity contribution in [2.75, 3.05) is 20.2 Å². The molecule has 1 rings (SSSR count). The van der Waals surface area contributed by atoms with Crippen LogP contribution >= 0.6 is 7.82 Å². The number of nitrogens with one attached hydrogen (secondary N) is 1. The summed E-state index contributed by atoms with van der Waals surface area (Å²) in [6.07, 6.45) is 0. The van der Waals surface area contributed by atoms with Crippen molar-refractivity contribution >= 4 is 7.82 Å². The summed E-state index contributed by atoms with van der Waals surface area (Å²) < 4.78 is 21.9. The largest absolute Gasteiger partial charge is 0.527 e. The first-order valence-corrected chi connectivity index (χ1v) is 7.77. The molecule has 0 amide bonds. The minimum Gasteiger partial charge on any atom is -0.404 e. The van der Waals surface area contributed by atoms with Crippen LogP contribution in [0.5, 0.6) is 5.75 Å². The van der Waals surface area contributed by atoms with Gasteiger partial charge in [-0.1, -0.05) is 26.0 Å². The van der Waals surface area contributed by atoms with Gasteiger partial charge in [0, 0.05) is 6.54 Å². The third kappa shape index (κ3) is 5.33. The van der Waals surface area contributed by atoms with E-state index in [0.717, 1.165) is 11.1 Å². The van der Waals surface area contributed by atoms with Crippen LogP contribution in [0.4, 0.5) is 0 Å². The van der Waals surface area contributed by atoms with Crippen molar-refractivity contribution in [3.05, 3.63) is 29.3 Å². The highest BCUT2D eigenvalue weighted by molar-refractivity contribution is 7.47. The number of hydrogen-bond acceptors (Lipinski definition) is 4. The topological polar surface area (TPSA) is 67.8 Å². The molecular formula is C13H22NO4P. The van der Waals surface area contributed by atoms with E-state index in [0.29, 0.717) is 12.3 Å². The lowest BCUT2D eigenvalue weighted by atomic mass is 10.0. The van der Waals surface area contributed by atoms with E-state index in [1.165, 1.54) is 0 Å². The van der Waals surface area contributed by atoms with Crippen molar-refractivity contribution in [2.24, 2.45) is 0 Å². The van der Waals surface area contributed by atoms with Crippen LogP contribution in [0, 0.1) is 6.92 Å². The molecule has 0 radical (unpaired) electrons. The van der Waals surface area contributed by atoms with Gasteiger partial charge in [0.15, 0.2) is 0 Å². The molecule has 0 saturated heterocycles.